The molecule has 2 aliphatic carbocycles. The van der Waals surface area contributed by atoms with Crippen molar-refractivity contribution in [3.63, 3.8) is 0 Å². The number of aryl methyl sites for hydroxylation is 1. The number of esters is 1. The molecule has 6 nitrogen and oxygen atoms in total. The largest absolute Gasteiger partial charge is 0.481 e. The van der Waals surface area contributed by atoms with Gasteiger partial charge in [-0.2, -0.15) is 0 Å². The molecular formula is C26H31NO5S. The summed E-state index contributed by atoms with van der Waals surface area (Å²) in [5, 5.41) is 13.1. The fourth-order valence-corrected chi connectivity index (χ4v) is 6.70. The molecule has 2 saturated carbocycles. The van der Waals surface area contributed by atoms with Gasteiger partial charge in [0.15, 0.2) is 0 Å². The second-order valence-electron chi connectivity index (χ2n) is 10.3. The zero-order valence-electron chi connectivity index (χ0n) is 19.7. The van der Waals surface area contributed by atoms with Crippen LogP contribution >= 0.6 is 11.3 Å². The van der Waals surface area contributed by atoms with Gasteiger partial charge in [-0.15, -0.1) is 11.3 Å². The molecule has 1 heterocycles. The standard InChI is InChI=1S/C26H31NO5S/c1-13-18(14-8-10-17(11-9-14)26(2,3)4)21(25(31)32-5)23(33-13)27-22(28)19-15-6-7-16(12-15)20(19)24(29)30/h8-11,15-16,19-20H,6-7,12H2,1-5H3,(H,27,28)(H,29,30)/t15-,16-,19+,20+/m0/s1. The number of ether oxygens (including phenoxy) is 1. The fraction of sp³-hybridized carbons (Fsp3) is 0.500. The molecule has 2 N–H and O–H groups in total. The molecule has 33 heavy (non-hydrogen) atoms. The van der Waals surface area contributed by atoms with Crippen LogP contribution in [0.3, 0.4) is 0 Å². The van der Waals surface area contributed by atoms with Crippen molar-refractivity contribution in [1.82, 2.24) is 0 Å². The average Bonchev–Trinajstić information content (AvgIpc) is 3.45. The lowest BCUT2D eigenvalue weighted by atomic mass is 9.78. The number of benzene rings is 1. The highest BCUT2D eigenvalue weighted by Gasteiger charge is 2.54. The smallest absolute Gasteiger partial charge is 0.341 e. The molecule has 0 unspecified atom stereocenters. The minimum atomic E-state index is -0.905. The molecule has 0 spiro atoms. The van der Waals surface area contributed by atoms with E-state index in [-0.39, 0.29) is 23.2 Å². The summed E-state index contributed by atoms with van der Waals surface area (Å²) in [6, 6.07) is 8.09. The number of fused-ring (bicyclic) bond motifs is 2. The Kier molecular flexibility index (Phi) is 6.12. The van der Waals surface area contributed by atoms with Gasteiger partial charge in [-0.05, 0) is 54.6 Å². The number of methoxy groups -OCH3 is 1. The molecular weight excluding hydrogens is 438 g/mol. The van der Waals surface area contributed by atoms with E-state index in [1.165, 1.54) is 24.0 Å². The van der Waals surface area contributed by atoms with Crippen molar-refractivity contribution in [1.29, 1.82) is 0 Å². The molecule has 0 saturated heterocycles. The van der Waals surface area contributed by atoms with Crippen LogP contribution in [0, 0.1) is 30.6 Å². The number of hydrogen-bond donors (Lipinski definition) is 2. The maximum atomic E-state index is 13.3. The molecule has 0 aliphatic heterocycles. The Hall–Kier alpha value is -2.67. The molecule has 4 atom stereocenters. The Morgan fingerprint density at radius 3 is 2.21 bits per heavy atom. The topological polar surface area (TPSA) is 92.7 Å². The highest BCUT2D eigenvalue weighted by atomic mass is 32.1. The van der Waals surface area contributed by atoms with E-state index in [0.29, 0.717) is 10.6 Å². The number of carbonyl (C=O) groups is 3. The molecule has 2 bridgehead atoms. The minimum Gasteiger partial charge on any atom is -0.481 e. The van der Waals surface area contributed by atoms with E-state index in [0.717, 1.165) is 35.3 Å². The van der Waals surface area contributed by atoms with Gasteiger partial charge in [-0.25, -0.2) is 4.79 Å². The van der Waals surface area contributed by atoms with E-state index in [2.05, 4.69) is 38.2 Å². The van der Waals surface area contributed by atoms with Crippen molar-refractivity contribution in [2.24, 2.45) is 23.7 Å². The van der Waals surface area contributed by atoms with Gasteiger partial charge in [-0.3, -0.25) is 9.59 Å². The Bertz CT molecular complexity index is 1100. The van der Waals surface area contributed by atoms with Crippen LogP contribution in [-0.2, 0) is 19.7 Å². The van der Waals surface area contributed by atoms with Crippen LogP contribution in [0.2, 0.25) is 0 Å². The van der Waals surface area contributed by atoms with Crippen molar-refractivity contribution in [3.05, 3.63) is 40.3 Å². The van der Waals surface area contributed by atoms with Gasteiger partial charge in [0, 0.05) is 10.4 Å². The predicted molar refractivity (Wildman–Crippen MR) is 129 cm³/mol. The van der Waals surface area contributed by atoms with Crippen LogP contribution in [0.15, 0.2) is 24.3 Å². The van der Waals surface area contributed by atoms with E-state index < -0.39 is 23.8 Å². The van der Waals surface area contributed by atoms with Crippen LogP contribution in [0.25, 0.3) is 11.1 Å². The van der Waals surface area contributed by atoms with Crippen LogP contribution in [0.5, 0.6) is 0 Å². The number of hydrogen-bond acceptors (Lipinski definition) is 5. The van der Waals surface area contributed by atoms with Crippen molar-refractivity contribution in [2.75, 3.05) is 12.4 Å². The normalized spacial score (nSPS) is 24.0. The van der Waals surface area contributed by atoms with Crippen LogP contribution in [0.1, 0.15) is 60.8 Å². The van der Waals surface area contributed by atoms with E-state index in [1.54, 1.807) is 0 Å². The average molecular weight is 470 g/mol. The van der Waals surface area contributed by atoms with Gasteiger partial charge in [0.05, 0.1) is 18.9 Å². The number of thiophene rings is 1. The summed E-state index contributed by atoms with van der Waals surface area (Å²) < 4.78 is 5.07. The molecule has 2 fully saturated rings. The number of amides is 1. The number of carbonyl (C=O) groups excluding carboxylic acids is 2. The quantitative estimate of drug-likeness (QED) is 0.565. The van der Waals surface area contributed by atoms with Gasteiger partial charge < -0.3 is 15.2 Å². The van der Waals surface area contributed by atoms with Gasteiger partial charge in [-0.1, -0.05) is 45.0 Å². The summed E-state index contributed by atoms with van der Waals surface area (Å²) in [7, 11) is 1.32. The molecule has 2 aromatic rings. The molecule has 2 aliphatic rings. The van der Waals surface area contributed by atoms with Crippen LogP contribution in [0.4, 0.5) is 5.00 Å². The lowest BCUT2D eigenvalue weighted by Crippen LogP contribution is -2.37. The van der Waals surface area contributed by atoms with Gasteiger partial charge >= 0.3 is 11.9 Å². The number of rotatable bonds is 5. The lowest BCUT2D eigenvalue weighted by Gasteiger charge is -2.26. The number of carboxylic acid groups (broad SMARTS) is 1. The highest BCUT2D eigenvalue weighted by molar-refractivity contribution is 7.17. The SMILES string of the molecule is COC(=O)c1c(NC(=O)[C@@H]2[C@H]3CC[C@@H](C3)[C@H]2C(=O)O)sc(C)c1-c1ccc(C(C)(C)C)cc1. The highest BCUT2D eigenvalue weighted by Crippen LogP contribution is 2.53. The number of anilines is 1. The lowest BCUT2D eigenvalue weighted by molar-refractivity contribution is -0.148. The van der Waals surface area contributed by atoms with Crippen molar-refractivity contribution < 1.29 is 24.2 Å². The third-order valence-electron chi connectivity index (χ3n) is 7.25. The van der Waals surface area contributed by atoms with Crippen molar-refractivity contribution >= 4 is 34.2 Å². The minimum absolute atomic E-state index is 0.00782. The summed E-state index contributed by atoms with van der Waals surface area (Å²) in [6.07, 6.45) is 2.53. The Labute approximate surface area is 198 Å². The third kappa shape index (κ3) is 4.19. The molecule has 1 aromatic carbocycles. The van der Waals surface area contributed by atoms with Crippen LogP contribution < -0.4 is 5.32 Å². The van der Waals surface area contributed by atoms with Crippen molar-refractivity contribution in [3.8, 4) is 11.1 Å². The van der Waals surface area contributed by atoms with Crippen molar-refractivity contribution in [2.45, 2.75) is 52.4 Å². The maximum Gasteiger partial charge on any atom is 0.341 e. The number of nitrogens with one attached hydrogen (secondary N) is 1. The molecule has 176 valence electrons. The molecule has 1 amide bonds. The summed E-state index contributed by atoms with van der Waals surface area (Å²) in [5.74, 6) is -2.81. The maximum absolute atomic E-state index is 13.3. The number of carboxylic acids is 1. The molecule has 1 aromatic heterocycles. The van der Waals surface area contributed by atoms with Gasteiger partial charge in [0.2, 0.25) is 5.91 Å². The Morgan fingerprint density at radius 2 is 1.67 bits per heavy atom. The van der Waals surface area contributed by atoms with Gasteiger partial charge in [0.1, 0.15) is 10.6 Å². The first-order valence-corrected chi connectivity index (χ1v) is 12.2. The van der Waals surface area contributed by atoms with E-state index in [4.69, 9.17) is 4.74 Å². The predicted octanol–water partition coefficient (Wildman–Crippen LogP) is 5.49. The first-order chi connectivity index (χ1) is 15.5. The van der Waals surface area contributed by atoms with Gasteiger partial charge in [0.25, 0.3) is 0 Å². The summed E-state index contributed by atoms with van der Waals surface area (Å²) >= 11 is 1.33. The summed E-state index contributed by atoms with van der Waals surface area (Å²) in [5.41, 5.74) is 3.13. The summed E-state index contributed by atoms with van der Waals surface area (Å²) in [6.45, 7) is 8.35. The third-order valence-corrected chi connectivity index (χ3v) is 8.28. The Balaban J connectivity index is 1.69. The van der Waals surface area contributed by atoms with E-state index in [9.17, 15) is 19.5 Å². The second-order valence-corrected chi connectivity index (χ2v) is 11.5. The van der Waals surface area contributed by atoms with E-state index in [1.807, 2.05) is 19.1 Å². The monoisotopic (exact) mass is 469 g/mol. The van der Waals surface area contributed by atoms with E-state index >= 15 is 0 Å². The molecule has 7 heteroatoms. The molecule has 4 rings (SSSR count). The zero-order valence-corrected chi connectivity index (χ0v) is 20.5. The van der Waals surface area contributed by atoms with Crippen LogP contribution in [-0.4, -0.2) is 30.1 Å². The first kappa shape index (κ1) is 23.5. The number of aliphatic carboxylic acids is 1. The fourth-order valence-electron chi connectivity index (χ4n) is 5.63. The zero-order chi connectivity index (χ0) is 24.1. The Morgan fingerprint density at radius 1 is 1.06 bits per heavy atom. The summed E-state index contributed by atoms with van der Waals surface area (Å²) in [4.78, 5) is 38.8. The molecule has 0 radical (unpaired) electrons. The first-order valence-electron chi connectivity index (χ1n) is 11.4. The second kappa shape index (κ2) is 8.60.